The van der Waals surface area contributed by atoms with Crippen molar-refractivity contribution in [3.63, 3.8) is 0 Å². The molecule has 0 aliphatic carbocycles. The van der Waals surface area contributed by atoms with Crippen molar-refractivity contribution in [1.82, 2.24) is 9.55 Å². The van der Waals surface area contributed by atoms with Gasteiger partial charge in [-0.1, -0.05) is 17.7 Å². The Bertz CT molecular complexity index is 613. The molecule has 0 N–H and O–H groups in total. The Kier molecular flexibility index (Phi) is 3.19. The minimum Gasteiger partial charge on any atom is -0.307 e. The van der Waals surface area contributed by atoms with Crippen LogP contribution in [-0.2, 0) is 6.54 Å². The second kappa shape index (κ2) is 4.63. The fourth-order valence-electron chi connectivity index (χ4n) is 1.38. The average Bonchev–Trinajstić information content (AvgIpc) is 2.30. The second-order valence-electron chi connectivity index (χ2n) is 3.40. The fraction of sp³-hybridized carbons (Fsp3) is 0.0909. The second-order valence-corrected chi connectivity index (χ2v) is 3.76. The quantitative estimate of drug-likeness (QED) is 0.826. The highest BCUT2D eigenvalue weighted by Crippen LogP contribution is 2.09. The van der Waals surface area contributed by atoms with Gasteiger partial charge in [0.1, 0.15) is 0 Å². The number of hydrogen-bond donors (Lipinski definition) is 0. The number of nitrogens with zero attached hydrogens (tertiary/aromatic N) is 2. The van der Waals surface area contributed by atoms with E-state index in [1.165, 1.54) is 23.0 Å². The number of aromatic nitrogens is 2. The van der Waals surface area contributed by atoms with Crippen molar-refractivity contribution in [3.05, 3.63) is 63.3 Å². The first-order valence-electron chi connectivity index (χ1n) is 4.73. The summed E-state index contributed by atoms with van der Waals surface area (Å²) in [6.07, 6.45) is 2.79. The van der Waals surface area contributed by atoms with Gasteiger partial charge < -0.3 is 4.57 Å². The molecule has 0 fully saturated rings. The molecule has 1 aromatic heterocycles. The predicted molar refractivity (Wildman–Crippen MR) is 59.0 cm³/mol. The molecule has 0 atom stereocenters. The molecule has 0 saturated carbocycles. The molecule has 2 aromatic rings. The zero-order valence-corrected chi connectivity index (χ0v) is 9.29. The smallest absolute Gasteiger partial charge is 0.288 e. The molecule has 2 rings (SSSR count). The Balaban J connectivity index is 2.35. The van der Waals surface area contributed by atoms with E-state index in [2.05, 4.69) is 4.98 Å². The number of halogens is 3. The predicted octanol–water partition coefficient (Wildman–Crippen LogP) is 2.22. The fourth-order valence-corrected chi connectivity index (χ4v) is 1.54. The largest absolute Gasteiger partial charge is 0.307 e. The highest BCUT2D eigenvalue weighted by Gasteiger charge is 2.05. The zero-order chi connectivity index (χ0) is 12.4. The lowest BCUT2D eigenvalue weighted by atomic mass is 10.2. The lowest BCUT2D eigenvalue weighted by Crippen LogP contribution is -2.21. The van der Waals surface area contributed by atoms with Gasteiger partial charge in [-0.3, -0.25) is 4.79 Å². The van der Waals surface area contributed by atoms with E-state index in [1.807, 2.05) is 0 Å². The van der Waals surface area contributed by atoms with Crippen LogP contribution in [0.1, 0.15) is 5.56 Å². The first kappa shape index (κ1) is 11.7. The van der Waals surface area contributed by atoms with Crippen molar-refractivity contribution < 1.29 is 8.78 Å². The molecular formula is C11H7ClF2N2O. The molecule has 6 heteroatoms. The monoisotopic (exact) mass is 256 g/mol. The van der Waals surface area contributed by atoms with E-state index < -0.39 is 17.2 Å². The maximum Gasteiger partial charge on any atom is 0.288 e. The van der Waals surface area contributed by atoms with E-state index in [0.717, 1.165) is 12.1 Å². The molecule has 0 unspecified atom stereocenters. The minimum atomic E-state index is -0.948. The molecule has 0 radical (unpaired) electrons. The van der Waals surface area contributed by atoms with Crippen LogP contribution in [0.25, 0.3) is 0 Å². The number of rotatable bonds is 2. The Hall–Kier alpha value is -1.75. The molecule has 88 valence electrons. The Morgan fingerprint density at radius 3 is 2.76 bits per heavy atom. The lowest BCUT2D eigenvalue weighted by Gasteiger charge is -2.05. The Morgan fingerprint density at radius 1 is 1.29 bits per heavy atom. The van der Waals surface area contributed by atoms with Gasteiger partial charge in [0.05, 0.1) is 6.54 Å². The molecule has 0 aliphatic rings. The van der Waals surface area contributed by atoms with Crippen molar-refractivity contribution in [2.24, 2.45) is 0 Å². The standard InChI is InChI=1S/C11H7ClF2N2O/c12-10-11(17)16(4-3-15-10)6-7-1-2-8(13)9(14)5-7/h1-5H,6H2. The van der Waals surface area contributed by atoms with Crippen molar-refractivity contribution >= 4 is 11.6 Å². The van der Waals surface area contributed by atoms with Gasteiger partial charge in [-0.15, -0.1) is 0 Å². The molecule has 3 nitrogen and oxygen atoms in total. The summed E-state index contributed by atoms with van der Waals surface area (Å²) in [5.74, 6) is -1.87. The van der Waals surface area contributed by atoms with Crippen molar-refractivity contribution in [2.45, 2.75) is 6.54 Å². The highest BCUT2D eigenvalue weighted by atomic mass is 35.5. The maximum absolute atomic E-state index is 13.0. The maximum atomic E-state index is 13.0. The first-order chi connectivity index (χ1) is 8.08. The van der Waals surface area contributed by atoms with E-state index in [-0.39, 0.29) is 11.7 Å². The van der Waals surface area contributed by atoms with E-state index in [0.29, 0.717) is 5.56 Å². The van der Waals surface area contributed by atoms with Crippen LogP contribution in [0.15, 0.2) is 35.4 Å². The molecule has 17 heavy (non-hydrogen) atoms. The highest BCUT2D eigenvalue weighted by molar-refractivity contribution is 6.29. The average molecular weight is 257 g/mol. The molecule has 0 amide bonds. The van der Waals surface area contributed by atoms with Crippen LogP contribution in [0, 0.1) is 11.6 Å². The summed E-state index contributed by atoms with van der Waals surface area (Å²) in [6, 6.07) is 3.45. The minimum absolute atomic E-state index is 0.109. The van der Waals surface area contributed by atoms with Gasteiger partial charge in [-0.25, -0.2) is 13.8 Å². The van der Waals surface area contributed by atoms with Gasteiger partial charge in [-0.2, -0.15) is 0 Å². The number of benzene rings is 1. The van der Waals surface area contributed by atoms with Crippen molar-refractivity contribution in [3.8, 4) is 0 Å². The van der Waals surface area contributed by atoms with Crippen LogP contribution in [0.3, 0.4) is 0 Å². The van der Waals surface area contributed by atoms with Gasteiger partial charge >= 0.3 is 0 Å². The Labute approximate surface area is 100 Å². The first-order valence-corrected chi connectivity index (χ1v) is 5.10. The van der Waals surface area contributed by atoms with E-state index in [1.54, 1.807) is 0 Å². The van der Waals surface area contributed by atoms with Gasteiger partial charge in [0.2, 0.25) is 0 Å². The molecule has 0 bridgehead atoms. The summed E-state index contributed by atoms with van der Waals surface area (Å²) in [4.78, 5) is 15.1. The van der Waals surface area contributed by atoms with Crippen LogP contribution in [0.4, 0.5) is 8.78 Å². The normalized spacial score (nSPS) is 10.5. The summed E-state index contributed by atoms with van der Waals surface area (Å²) >= 11 is 5.56. The van der Waals surface area contributed by atoms with E-state index in [9.17, 15) is 13.6 Å². The summed E-state index contributed by atoms with van der Waals surface area (Å²) in [7, 11) is 0. The number of hydrogen-bond acceptors (Lipinski definition) is 2. The molecule has 0 aliphatic heterocycles. The van der Waals surface area contributed by atoms with E-state index in [4.69, 9.17) is 11.6 Å². The van der Waals surface area contributed by atoms with Crippen LogP contribution in [-0.4, -0.2) is 9.55 Å². The molecule has 0 saturated heterocycles. The Morgan fingerprint density at radius 2 is 2.06 bits per heavy atom. The van der Waals surface area contributed by atoms with Gasteiger partial charge in [0, 0.05) is 12.4 Å². The SMILES string of the molecule is O=c1c(Cl)nccn1Cc1ccc(F)c(F)c1. The summed E-state index contributed by atoms with van der Waals surface area (Å²) in [5, 5.41) is -0.157. The zero-order valence-electron chi connectivity index (χ0n) is 8.53. The van der Waals surface area contributed by atoms with Crippen LogP contribution < -0.4 is 5.56 Å². The molecule has 1 aromatic carbocycles. The van der Waals surface area contributed by atoms with Crippen molar-refractivity contribution in [2.75, 3.05) is 0 Å². The summed E-state index contributed by atoms with van der Waals surface area (Å²) in [6.45, 7) is 0.109. The molecule has 0 spiro atoms. The summed E-state index contributed by atoms with van der Waals surface area (Å²) < 4.78 is 26.9. The third kappa shape index (κ3) is 2.50. The van der Waals surface area contributed by atoms with E-state index >= 15 is 0 Å². The van der Waals surface area contributed by atoms with Gasteiger partial charge in [0.25, 0.3) is 5.56 Å². The third-order valence-electron chi connectivity index (χ3n) is 2.21. The molecule has 1 heterocycles. The van der Waals surface area contributed by atoms with Crippen LogP contribution in [0.2, 0.25) is 5.15 Å². The third-order valence-corrected chi connectivity index (χ3v) is 2.47. The van der Waals surface area contributed by atoms with Crippen LogP contribution >= 0.6 is 11.6 Å². The summed E-state index contributed by atoms with van der Waals surface area (Å²) in [5.41, 5.74) is -0.00725. The van der Waals surface area contributed by atoms with Crippen LogP contribution in [0.5, 0.6) is 0 Å². The van der Waals surface area contributed by atoms with Gasteiger partial charge in [0.15, 0.2) is 16.8 Å². The van der Waals surface area contributed by atoms with Gasteiger partial charge in [-0.05, 0) is 17.7 Å². The van der Waals surface area contributed by atoms with Crippen molar-refractivity contribution in [1.29, 1.82) is 0 Å². The lowest BCUT2D eigenvalue weighted by molar-refractivity contribution is 0.506. The molecular weight excluding hydrogens is 250 g/mol. The topological polar surface area (TPSA) is 34.9 Å².